The van der Waals surface area contributed by atoms with Gasteiger partial charge in [0, 0.05) is 11.5 Å². The van der Waals surface area contributed by atoms with Crippen LogP contribution in [0.3, 0.4) is 0 Å². The highest BCUT2D eigenvalue weighted by molar-refractivity contribution is 9.10. The molecule has 0 aliphatic heterocycles. The zero-order valence-corrected chi connectivity index (χ0v) is 14.3. The largest absolute Gasteiger partial charge is 0.423 e. The molecule has 1 aromatic heterocycles. The second-order valence-electron chi connectivity index (χ2n) is 4.92. The molecular formula is C16H12BrClN2O2. The van der Waals surface area contributed by atoms with Gasteiger partial charge in [0.15, 0.2) is 0 Å². The van der Waals surface area contributed by atoms with E-state index in [9.17, 15) is 4.79 Å². The van der Waals surface area contributed by atoms with E-state index in [1.165, 1.54) is 4.68 Å². The van der Waals surface area contributed by atoms with Crippen LogP contribution in [-0.4, -0.2) is 15.7 Å². The van der Waals surface area contributed by atoms with Gasteiger partial charge >= 0.3 is 5.97 Å². The summed E-state index contributed by atoms with van der Waals surface area (Å²) in [6, 6.07) is 11.4. The molecule has 0 saturated heterocycles. The number of halogens is 2. The molecule has 22 heavy (non-hydrogen) atoms. The summed E-state index contributed by atoms with van der Waals surface area (Å²) in [5.41, 5.74) is 0.835. The van der Waals surface area contributed by atoms with Gasteiger partial charge in [-0.2, -0.15) is 5.10 Å². The van der Waals surface area contributed by atoms with Crippen LogP contribution in [0.15, 0.2) is 40.9 Å². The van der Waals surface area contributed by atoms with Crippen LogP contribution in [0.2, 0.25) is 5.15 Å². The van der Waals surface area contributed by atoms with Gasteiger partial charge in [-0.25, -0.2) is 4.79 Å². The Labute approximate surface area is 140 Å². The van der Waals surface area contributed by atoms with E-state index in [-0.39, 0.29) is 5.15 Å². The molecule has 3 rings (SSSR count). The zero-order chi connectivity index (χ0) is 15.9. The minimum absolute atomic E-state index is 0.271. The fourth-order valence-electron chi connectivity index (χ4n) is 2.28. The van der Waals surface area contributed by atoms with Gasteiger partial charge in [0.05, 0.1) is 5.69 Å². The molecular weight excluding hydrogens is 368 g/mol. The highest BCUT2D eigenvalue weighted by atomic mass is 79.9. The maximum absolute atomic E-state index is 12.3. The number of rotatable bonds is 2. The number of fused-ring (bicyclic) bond motifs is 1. The predicted molar refractivity (Wildman–Crippen MR) is 89.6 cm³/mol. The third-order valence-electron chi connectivity index (χ3n) is 3.34. The maximum atomic E-state index is 12.3. The lowest BCUT2D eigenvalue weighted by molar-refractivity contribution is 0.0734. The normalized spacial score (nSPS) is 10.9. The second-order valence-corrected chi connectivity index (χ2v) is 6.19. The van der Waals surface area contributed by atoms with Crippen molar-refractivity contribution in [2.75, 3.05) is 0 Å². The summed E-state index contributed by atoms with van der Waals surface area (Å²) in [4.78, 5) is 12.3. The summed E-state index contributed by atoms with van der Waals surface area (Å²) in [6.07, 6.45) is 0. The summed E-state index contributed by atoms with van der Waals surface area (Å²) in [6.45, 7) is 1.72. The van der Waals surface area contributed by atoms with E-state index in [4.69, 9.17) is 16.3 Å². The van der Waals surface area contributed by atoms with Gasteiger partial charge in [0.1, 0.15) is 16.5 Å². The topological polar surface area (TPSA) is 44.1 Å². The Morgan fingerprint density at radius 1 is 1.23 bits per heavy atom. The fourth-order valence-corrected chi connectivity index (χ4v) is 2.91. The molecule has 0 aliphatic carbocycles. The lowest BCUT2D eigenvalue weighted by atomic mass is 10.1. The smallest absolute Gasteiger partial charge is 0.348 e. The first kappa shape index (κ1) is 15.1. The first-order valence-electron chi connectivity index (χ1n) is 6.56. The van der Waals surface area contributed by atoms with Gasteiger partial charge in [-0.15, -0.1) is 0 Å². The molecule has 0 spiro atoms. The Bertz CT molecular complexity index is 889. The van der Waals surface area contributed by atoms with E-state index in [1.807, 2.05) is 30.3 Å². The number of nitrogens with zero attached hydrogens (tertiary/aromatic N) is 2. The highest BCUT2D eigenvalue weighted by Gasteiger charge is 2.21. The van der Waals surface area contributed by atoms with E-state index in [1.54, 1.807) is 20.0 Å². The monoisotopic (exact) mass is 378 g/mol. The molecule has 2 aromatic carbocycles. The number of hydrogen-bond donors (Lipinski definition) is 0. The van der Waals surface area contributed by atoms with E-state index >= 15 is 0 Å². The highest BCUT2D eigenvalue weighted by Crippen LogP contribution is 2.26. The molecule has 112 valence electrons. The third kappa shape index (κ3) is 2.74. The average Bonchev–Trinajstić information content (AvgIpc) is 2.72. The van der Waals surface area contributed by atoms with Crippen LogP contribution in [0, 0.1) is 6.92 Å². The minimum atomic E-state index is -0.507. The van der Waals surface area contributed by atoms with Crippen LogP contribution in [0.1, 0.15) is 16.1 Å². The minimum Gasteiger partial charge on any atom is -0.423 e. The van der Waals surface area contributed by atoms with Crippen molar-refractivity contribution in [3.05, 3.63) is 57.3 Å². The number of aromatic nitrogens is 2. The third-order valence-corrected chi connectivity index (χ3v) is 4.27. The number of ether oxygens (including phenoxy) is 1. The maximum Gasteiger partial charge on any atom is 0.348 e. The van der Waals surface area contributed by atoms with Crippen molar-refractivity contribution >= 4 is 44.3 Å². The Kier molecular flexibility index (Phi) is 3.93. The van der Waals surface area contributed by atoms with Crippen molar-refractivity contribution in [1.82, 2.24) is 9.78 Å². The van der Waals surface area contributed by atoms with Gasteiger partial charge in [-0.3, -0.25) is 4.68 Å². The molecule has 0 fully saturated rings. The van der Waals surface area contributed by atoms with Crippen LogP contribution in [0.4, 0.5) is 0 Å². The van der Waals surface area contributed by atoms with Gasteiger partial charge in [0.2, 0.25) is 0 Å². The van der Waals surface area contributed by atoms with Crippen molar-refractivity contribution in [3.8, 4) is 5.75 Å². The van der Waals surface area contributed by atoms with Crippen LogP contribution >= 0.6 is 27.5 Å². The number of hydrogen-bond acceptors (Lipinski definition) is 3. The molecule has 0 bridgehead atoms. The number of carbonyl (C=O) groups excluding carboxylic acids is 1. The molecule has 3 aromatic rings. The Balaban J connectivity index is 1.92. The Hall–Kier alpha value is -1.85. The molecule has 0 saturated carbocycles. The SMILES string of the molecule is Cc1nn(C)c(Cl)c1C(=O)Oc1ccc2cc(Br)ccc2c1. The fraction of sp³-hybridized carbons (Fsp3) is 0.125. The Morgan fingerprint density at radius 2 is 1.91 bits per heavy atom. The molecule has 0 radical (unpaired) electrons. The van der Waals surface area contributed by atoms with Crippen LogP contribution in [0.25, 0.3) is 10.8 Å². The summed E-state index contributed by atoms with van der Waals surface area (Å²) >= 11 is 9.51. The molecule has 0 amide bonds. The summed E-state index contributed by atoms with van der Waals surface area (Å²) in [5, 5.41) is 6.43. The van der Waals surface area contributed by atoms with Crippen LogP contribution in [0.5, 0.6) is 5.75 Å². The van der Waals surface area contributed by atoms with Gasteiger partial charge in [-0.1, -0.05) is 39.7 Å². The first-order valence-corrected chi connectivity index (χ1v) is 7.73. The predicted octanol–water partition coefficient (Wildman–Crippen LogP) is 4.52. The van der Waals surface area contributed by atoms with Crippen molar-refractivity contribution < 1.29 is 9.53 Å². The second kappa shape index (κ2) is 5.74. The van der Waals surface area contributed by atoms with Gasteiger partial charge < -0.3 is 4.74 Å². The molecule has 0 atom stereocenters. The molecule has 1 heterocycles. The van der Waals surface area contributed by atoms with E-state index < -0.39 is 5.97 Å². The molecule has 4 nitrogen and oxygen atoms in total. The van der Waals surface area contributed by atoms with Crippen LogP contribution < -0.4 is 4.74 Å². The molecule has 0 unspecified atom stereocenters. The van der Waals surface area contributed by atoms with Crippen molar-refractivity contribution in [3.63, 3.8) is 0 Å². The molecule has 0 N–H and O–H groups in total. The molecule has 0 aliphatic rings. The number of carbonyl (C=O) groups is 1. The number of aryl methyl sites for hydroxylation is 2. The van der Waals surface area contributed by atoms with Crippen molar-refractivity contribution in [2.24, 2.45) is 7.05 Å². The van der Waals surface area contributed by atoms with Gasteiger partial charge in [0.25, 0.3) is 0 Å². The summed E-state index contributed by atoms with van der Waals surface area (Å²) in [5.74, 6) is -0.0359. The van der Waals surface area contributed by atoms with Crippen molar-refractivity contribution in [1.29, 1.82) is 0 Å². The molecule has 6 heteroatoms. The quantitative estimate of drug-likeness (QED) is 0.486. The van der Waals surface area contributed by atoms with E-state index in [0.717, 1.165) is 15.2 Å². The van der Waals surface area contributed by atoms with Crippen LogP contribution in [-0.2, 0) is 7.05 Å². The van der Waals surface area contributed by atoms with Crippen molar-refractivity contribution in [2.45, 2.75) is 6.92 Å². The summed E-state index contributed by atoms with van der Waals surface area (Å²) in [7, 11) is 1.68. The van der Waals surface area contributed by atoms with Gasteiger partial charge in [-0.05, 0) is 42.0 Å². The Morgan fingerprint density at radius 3 is 2.59 bits per heavy atom. The van der Waals surface area contributed by atoms with E-state index in [0.29, 0.717) is 17.0 Å². The number of benzene rings is 2. The summed E-state index contributed by atoms with van der Waals surface area (Å²) < 4.78 is 7.88. The zero-order valence-electron chi connectivity index (χ0n) is 11.9. The van der Waals surface area contributed by atoms with E-state index in [2.05, 4.69) is 21.0 Å². The lowest BCUT2D eigenvalue weighted by Gasteiger charge is -2.06. The average molecular weight is 380 g/mol. The standard InChI is InChI=1S/C16H12BrClN2O2/c1-9-14(15(18)20(2)19-9)16(21)22-13-6-4-10-7-12(17)5-3-11(10)8-13/h3-8H,1-2H3. The first-order chi connectivity index (χ1) is 10.5. The number of esters is 1. The lowest BCUT2D eigenvalue weighted by Crippen LogP contribution is -2.09.